The van der Waals surface area contributed by atoms with Gasteiger partial charge in [0.15, 0.2) is 5.50 Å². The first-order valence-corrected chi connectivity index (χ1v) is 12.7. The maximum Gasteiger partial charge on any atom is 0.256 e. The number of amides is 1. The fraction of sp³-hybridized carbons (Fsp3) is 0.435. The van der Waals surface area contributed by atoms with Crippen molar-refractivity contribution in [3.63, 3.8) is 0 Å². The molecule has 2 aliphatic heterocycles. The molecule has 1 aromatic heterocycles. The highest BCUT2D eigenvalue weighted by molar-refractivity contribution is 8.05. The Hall–Kier alpha value is -2.57. The Bertz CT molecular complexity index is 1090. The second-order valence-corrected chi connectivity index (χ2v) is 9.84. The average molecular weight is 519 g/mol. The Morgan fingerprint density at radius 3 is 2.74 bits per heavy atom. The molecule has 2 aliphatic rings. The highest BCUT2D eigenvalue weighted by atomic mass is 35.5. The molecule has 188 valence electrons. The van der Waals surface area contributed by atoms with Crippen LogP contribution in [0.15, 0.2) is 35.4 Å². The maximum atomic E-state index is 12.0. The van der Waals surface area contributed by atoms with E-state index in [1.165, 1.54) is 11.8 Å². The number of carbonyl (C=O) groups excluding carboxylic acids is 1. The third-order valence-electron chi connectivity index (χ3n) is 5.94. The molecule has 1 fully saturated rings. The van der Waals surface area contributed by atoms with Gasteiger partial charge < -0.3 is 31.3 Å². The van der Waals surface area contributed by atoms with Gasteiger partial charge in [0.1, 0.15) is 17.5 Å². The molecule has 35 heavy (non-hydrogen) atoms. The van der Waals surface area contributed by atoms with Crippen LogP contribution in [0, 0.1) is 6.92 Å². The Morgan fingerprint density at radius 1 is 1.29 bits per heavy atom. The number of anilines is 3. The van der Waals surface area contributed by atoms with Gasteiger partial charge in [-0.3, -0.25) is 9.69 Å². The predicted octanol–water partition coefficient (Wildman–Crippen LogP) is 1.94. The fourth-order valence-electron chi connectivity index (χ4n) is 4.15. The molecule has 1 aromatic carbocycles. The first kappa shape index (κ1) is 25.5. The largest absolute Gasteiger partial charge is 0.383 e. The molecule has 0 bridgehead atoms. The van der Waals surface area contributed by atoms with E-state index in [0.717, 1.165) is 56.4 Å². The summed E-state index contributed by atoms with van der Waals surface area (Å²) >= 11 is 7.86. The lowest BCUT2D eigenvalue weighted by Gasteiger charge is -2.35. The third-order valence-corrected chi connectivity index (χ3v) is 7.38. The number of hydrogen-bond acceptors (Lipinski definition) is 10. The molecule has 5 N–H and O–H groups in total. The van der Waals surface area contributed by atoms with Crippen LogP contribution >= 0.6 is 23.4 Å². The zero-order valence-electron chi connectivity index (χ0n) is 19.9. The van der Waals surface area contributed by atoms with Gasteiger partial charge in [-0.1, -0.05) is 35.5 Å². The summed E-state index contributed by atoms with van der Waals surface area (Å²) in [7, 11) is 1.72. The van der Waals surface area contributed by atoms with Crippen molar-refractivity contribution >= 4 is 46.6 Å². The van der Waals surface area contributed by atoms with E-state index in [-0.39, 0.29) is 0 Å². The van der Waals surface area contributed by atoms with Crippen molar-refractivity contribution < 1.29 is 9.53 Å². The fourth-order valence-corrected chi connectivity index (χ4v) is 5.44. The summed E-state index contributed by atoms with van der Waals surface area (Å²) in [6.07, 6.45) is 1.71. The lowest BCUT2D eigenvalue weighted by Crippen LogP contribution is -2.47. The molecule has 4 rings (SSSR count). The molecular weight excluding hydrogens is 488 g/mol. The number of halogens is 1. The number of aromatic nitrogens is 2. The predicted molar refractivity (Wildman–Crippen MR) is 141 cm³/mol. The average Bonchev–Trinajstić information content (AvgIpc) is 3.26. The summed E-state index contributed by atoms with van der Waals surface area (Å²) in [5, 5.41) is 3.97. The van der Waals surface area contributed by atoms with Crippen molar-refractivity contribution in [2.24, 2.45) is 11.5 Å². The number of primary amides is 1. The maximum absolute atomic E-state index is 12.0. The van der Waals surface area contributed by atoms with Crippen LogP contribution in [0.2, 0.25) is 5.02 Å². The van der Waals surface area contributed by atoms with E-state index in [9.17, 15) is 4.79 Å². The SMILES string of the molecule is COCCN1CCN(c2cc(NC3SC(C(N)=O)=CN3c3c(Cl)cccc3CN)nc(C)n2)CC1. The van der Waals surface area contributed by atoms with Crippen LogP contribution in [0.4, 0.5) is 17.3 Å². The van der Waals surface area contributed by atoms with Gasteiger partial charge in [0, 0.05) is 58.6 Å². The molecule has 3 heterocycles. The smallest absolute Gasteiger partial charge is 0.256 e. The quantitative estimate of drug-likeness (QED) is 0.453. The summed E-state index contributed by atoms with van der Waals surface area (Å²) in [4.78, 5) is 28.2. The molecule has 0 aliphatic carbocycles. The van der Waals surface area contributed by atoms with Gasteiger partial charge in [-0.05, 0) is 18.6 Å². The van der Waals surface area contributed by atoms with E-state index >= 15 is 0 Å². The molecule has 10 nitrogen and oxygen atoms in total. The number of hydrogen-bond donors (Lipinski definition) is 3. The molecule has 1 unspecified atom stereocenters. The van der Waals surface area contributed by atoms with Gasteiger partial charge in [-0.2, -0.15) is 0 Å². The van der Waals surface area contributed by atoms with E-state index in [4.69, 9.17) is 27.8 Å². The standard InChI is InChI=1S/C23H31ClN8O2S/c1-15-27-19(12-20(28-15)31-8-6-30(7-9-31)10-11-34-2)29-23-32(14-18(35-23)22(26)33)21-16(13-25)4-3-5-17(21)24/h3-5,12,14,23H,6-11,13,25H2,1-2H3,(H2,26,33)(H,27,28,29). The van der Waals surface area contributed by atoms with Gasteiger partial charge in [0.05, 0.1) is 22.2 Å². The normalized spacial score (nSPS) is 18.6. The van der Waals surface area contributed by atoms with Gasteiger partial charge >= 0.3 is 0 Å². The van der Waals surface area contributed by atoms with Gasteiger partial charge in [0.2, 0.25) is 0 Å². The topological polar surface area (TPSA) is 126 Å². The van der Waals surface area contributed by atoms with Crippen LogP contribution in [-0.2, 0) is 16.1 Å². The number of carbonyl (C=O) groups is 1. The zero-order chi connectivity index (χ0) is 24.9. The first-order valence-electron chi connectivity index (χ1n) is 11.4. The Labute approximate surface area is 214 Å². The summed E-state index contributed by atoms with van der Waals surface area (Å²) < 4.78 is 5.20. The van der Waals surface area contributed by atoms with E-state index < -0.39 is 11.4 Å². The molecule has 0 spiro atoms. The molecule has 1 saturated heterocycles. The van der Waals surface area contributed by atoms with Crippen LogP contribution < -0.4 is 26.6 Å². The number of nitrogens with zero attached hydrogens (tertiary/aromatic N) is 5. The van der Waals surface area contributed by atoms with Crippen molar-refractivity contribution in [3.8, 4) is 0 Å². The van der Waals surface area contributed by atoms with Crippen LogP contribution in [0.5, 0.6) is 0 Å². The lowest BCUT2D eigenvalue weighted by atomic mass is 10.1. The number of benzene rings is 1. The molecule has 0 saturated carbocycles. The highest BCUT2D eigenvalue weighted by Crippen LogP contribution is 2.41. The lowest BCUT2D eigenvalue weighted by molar-refractivity contribution is -0.113. The van der Waals surface area contributed by atoms with Crippen molar-refractivity contribution in [2.75, 3.05) is 61.6 Å². The van der Waals surface area contributed by atoms with E-state index in [0.29, 0.717) is 28.1 Å². The second-order valence-electron chi connectivity index (χ2n) is 8.31. The number of aryl methyl sites for hydroxylation is 1. The molecule has 1 atom stereocenters. The number of methoxy groups -OCH3 is 1. The van der Waals surface area contributed by atoms with Gasteiger partial charge in [0.25, 0.3) is 5.91 Å². The Kier molecular flexibility index (Phi) is 8.34. The zero-order valence-corrected chi connectivity index (χ0v) is 21.5. The van der Waals surface area contributed by atoms with E-state index in [2.05, 4.69) is 25.1 Å². The number of piperazine rings is 1. The van der Waals surface area contributed by atoms with E-state index in [1.807, 2.05) is 30.0 Å². The number of thioether (sulfide) groups is 1. The van der Waals surface area contributed by atoms with Crippen LogP contribution in [0.1, 0.15) is 11.4 Å². The summed E-state index contributed by atoms with van der Waals surface area (Å²) in [5.41, 5.74) is 12.8. The van der Waals surface area contributed by atoms with Crippen LogP contribution in [-0.4, -0.2) is 72.7 Å². The van der Waals surface area contributed by atoms with Crippen LogP contribution in [0.25, 0.3) is 0 Å². The van der Waals surface area contributed by atoms with Crippen molar-refractivity contribution in [2.45, 2.75) is 19.0 Å². The molecule has 2 aromatic rings. The minimum atomic E-state index is -0.503. The number of rotatable bonds is 9. The van der Waals surface area contributed by atoms with Crippen molar-refractivity contribution in [1.29, 1.82) is 0 Å². The van der Waals surface area contributed by atoms with Gasteiger partial charge in [-0.15, -0.1) is 0 Å². The minimum Gasteiger partial charge on any atom is -0.383 e. The molecule has 12 heteroatoms. The van der Waals surface area contributed by atoms with Crippen molar-refractivity contribution in [1.82, 2.24) is 14.9 Å². The number of para-hydroxylation sites is 1. The number of nitrogens with two attached hydrogens (primary N) is 2. The van der Waals surface area contributed by atoms with Gasteiger partial charge in [-0.25, -0.2) is 9.97 Å². The second kappa shape index (κ2) is 11.4. The summed E-state index contributed by atoms with van der Waals surface area (Å²) in [6, 6.07) is 7.51. The van der Waals surface area contributed by atoms with Crippen LogP contribution in [0.3, 0.4) is 0 Å². The monoisotopic (exact) mass is 518 g/mol. The minimum absolute atomic E-state index is 0.302. The molecule has 0 radical (unpaired) electrons. The number of nitrogens with one attached hydrogen (secondary N) is 1. The Balaban J connectivity index is 1.55. The Morgan fingerprint density at radius 2 is 2.06 bits per heavy atom. The molecule has 1 amide bonds. The summed E-state index contributed by atoms with van der Waals surface area (Å²) in [5.74, 6) is 1.67. The molecular formula is C23H31ClN8O2S. The first-order chi connectivity index (χ1) is 16.9. The number of ether oxygens (including phenoxy) is 1. The van der Waals surface area contributed by atoms with E-state index in [1.54, 1.807) is 19.4 Å². The highest BCUT2D eigenvalue weighted by Gasteiger charge is 2.32. The summed E-state index contributed by atoms with van der Waals surface area (Å²) in [6.45, 7) is 7.47. The third kappa shape index (κ3) is 5.99. The van der Waals surface area contributed by atoms with Crippen molar-refractivity contribution in [3.05, 3.63) is 51.8 Å².